The van der Waals surface area contributed by atoms with Gasteiger partial charge in [-0.05, 0) is 42.9 Å². The highest BCUT2D eigenvalue weighted by Gasteiger charge is 2.00. The molecule has 0 bridgehead atoms. The van der Waals surface area contributed by atoms with E-state index in [1.807, 2.05) is 11.8 Å². The summed E-state index contributed by atoms with van der Waals surface area (Å²) in [6.07, 6.45) is 4.36. The molecule has 0 aliphatic carbocycles. The topological polar surface area (TPSA) is 36.4 Å². The third-order valence-corrected chi connectivity index (χ3v) is 3.77. The molecule has 0 aliphatic rings. The molecule has 1 aromatic rings. The molecule has 0 saturated heterocycles. The molecule has 3 nitrogen and oxygen atoms in total. The van der Waals surface area contributed by atoms with Crippen molar-refractivity contribution in [3.63, 3.8) is 0 Å². The van der Waals surface area contributed by atoms with Crippen LogP contribution < -0.4 is 10.6 Å². The van der Waals surface area contributed by atoms with Crippen LogP contribution in [0.3, 0.4) is 0 Å². The number of benzene rings is 1. The van der Waals surface area contributed by atoms with Crippen LogP contribution in [0.2, 0.25) is 0 Å². The Labute approximate surface area is 150 Å². The zero-order valence-electron chi connectivity index (χ0n) is 13.3. The molecule has 120 valence electrons. The lowest BCUT2D eigenvalue weighted by Crippen LogP contribution is -2.37. The minimum atomic E-state index is 0. The molecular formula is C16H28IN3S. The molecule has 0 spiro atoms. The summed E-state index contributed by atoms with van der Waals surface area (Å²) < 4.78 is 0. The van der Waals surface area contributed by atoms with Gasteiger partial charge in [-0.3, -0.25) is 0 Å². The Hall–Kier alpha value is -0.430. The SMILES string of the molecule is CCNC(=NCc1ccccc1CC)NCCCSC.I. The van der Waals surface area contributed by atoms with Gasteiger partial charge in [0.15, 0.2) is 5.96 Å². The smallest absolute Gasteiger partial charge is 0.191 e. The molecule has 1 aromatic carbocycles. The van der Waals surface area contributed by atoms with E-state index in [1.165, 1.54) is 16.9 Å². The number of halogens is 1. The number of nitrogens with zero attached hydrogens (tertiary/aromatic N) is 1. The van der Waals surface area contributed by atoms with Gasteiger partial charge in [0.2, 0.25) is 0 Å². The van der Waals surface area contributed by atoms with Crippen molar-refractivity contribution in [3.8, 4) is 0 Å². The lowest BCUT2D eigenvalue weighted by Gasteiger charge is -2.12. The lowest BCUT2D eigenvalue weighted by molar-refractivity contribution is 0.789. The monoisotopic (exact) mass is 421 g/mol. The number of thioether (sulfide) groups is 1. The van der Waals surface area contributed by atoms with Gasteiger partial charge in [0.1, 0.15) is 0 Å². The van der Waals surface area contributed by atoms with Crippen LogP contribution in [-0.4, -0.2) is 31.1 Å². The lowest BCUT2D eigenvalue weighted by atomic mass is 10.1. The second-order valence-electron chi connectivity index (χ2n) is 4.59. The van der Waals surface area contributed by atoms with Crippen molar-refractivity contribution in [2.45, 2.75) is 33.2 Å². The number of aryl methyl sites for hydroxylation is 1. The Morgan fingerprint density at radius 1 is 1.14 bits per heavy atom. The summed E-state index contributed by atoms with van der Waals surface area (Å²) in [6.45, 7) is 6.89. The van der Waals surface area contributed by atoms with Crippen molar-refractivity contribution in [1.82, 2.24) is 10.6 Å². The fourth-order valence-corrected chi connectivity index (χ4v) is 2.42. The summed E-state index contributed by atoms with van der Waals surface area (Å²) in [5.74, 6) is 2.10. The van der Waals surface area contributed by atoms with Gasteiger partial charge in [0.05, 0.1) is 6.54 Å². The van der Waals surface area contributed by atoms with Gasteiger partial charge < -0.3 is 10.6 Å². The normalized spacial score (nSPS) is 10.9. The van der Waals surface area contributed by atoms with Crippen LogP contribution in [0.15, 0.2) is 29.3 Å². The van der Waals surface area contributed by atoms with E-state index in [0.29, 0.717) is 0 Å². The van der Waals surface area contributed by atoms with E-state index in [0.717, 1.165) is 38.4 Å². The number of aliphatic imine (C=N–C) groups is 1. The number of nitrogens with one attached hydrogen (secondary N) is 2. The third kappa shape index (κ3) is 8.56. The predicted molar refractivity (Wildman–Crippen MR) is 107 cm³/mol. The van der Waals surface area contributed by atoms with Crippen LogP contribution in [0.5, 0.6) is 0 Å². The van der Waals surface area contributed by atoms with E-state index in [2.05, 4.69) is 60.0 Å². The van der Waals surface area contributed by atoms with Crippen molar-refractivity contribution >= 4 is 41.7 Å². The fraction of sp³-hybridized carbons (Fsp3) is 0.562. The van der Waals surface area contributed by atoms with Crippen molar-refractivity contribution in [2.24, 2.45) is 4.99 Å². The van der Waals surface area contributed by atoms with Crippen LogP contribution in [0.1, 0.15) is 31.4 Å². The minimum Gasteiger partial charge on any atom is -0.357 e. The molecule has 0 atom stereocenters. The molecule has 0 aliphatic heterocycles. The van der Waals surface area contributed by atoms with Crippen molar-refractivity contribution in [2.75, 3.05) is 25.1 Å². The molecule has 0 unspecified atom stereocenters. The maximum absolute atomic E-state index is 4.68. The summed E-state index contributed by atoms with van der Waals surface area (Å²) >= 11 is 1.88. The van der Waals surface area contributed by atoms with E-state index in [9.17, 15) is 0 Å². The van der Waals surface area contributed by atoms with E-state index in [-0.39, 0.29) is 24.0 Å². The van der Waals surface area contributed by atoms with Gasteiger partial charge in [-0.15, -0.1) is 24.0 Å². The van der Waals surface area contributed by atoms with Crippen LogP contribution >= 0.6 is 35.7 Å². The van der Waals surface area contributed by atoms with Crippen molar-refractivity contribution in [1.29, 1.82) is 0 Å². The molecule has 0 fully saturated rings. The van der Waals surface area contributed by atoms with Gasteiger partial charge >= 0.3 is 0 Å². The fourth-order valence-electron chi connectivity index (χ4n) is 1.99. The average Bonchev–Trinajstić information content (AvgIpc) is 2.49. The largest absolute Gasteiger partial charge is 0.357 e. The van der Waals surface area contributed by atoms with Gasteiger partial charge in [0.25, 0.3) is 0 Å². The first-order valence-corrected chi connectivity index (χ1v) is 8.79. The van der Waals surface area contributed by atoms with Gasteiger partial charge in [-0.1, -0.05) is 31.2 Å². The summed E-state index contributed by atoms with van der Waals surface area (Å²) in [7, 11) is 0. The Bertz CT molecular complexity index is 410. The van der Waals surface area contributed by atoms with Crippen molar-refractivity contribution < 1.29 is 0 Å². The number of hydrogen-bond acceptors (Lipinski definition) is 2. The van der Waals surface area contributed by atoms with E-state index >= 15 is 0 Å². The highest BCUT2D eigenvalue weighted by molar-refractivity contribution is 14.0. The van der Waals surface area contributed by atoms with Gasteiger partial charge in [0, 0.05) is 13.1 Å². The van der Waals surface area contributed by atoms with Gasteiger partial charge in [-0.25, -0.2) is 4.99 Å². The first-order valence-electron chi connectivity index (χ1n) is 7.39. The quantitative estimate of drug-likeness (QED) is 0.291. The van der Waals surface area contributed by atoms with Crippen LogP contribution in [0.4, 0.5) is 0 Å². The van der Waals surface area contributed by atoms with Crippen molar-refractivity contribution in [3.05, 3.63) is 35.4 Å². The maximum Gasteiger partial charge on any atom is 0.191 e. The van der Waals surface area contributed by atoms with E-state index < -0.39 is 0 Å². The predicted octanol–water partition coefficient (Wildman–Crippen LogP) is 3.68. The summed E-state index contributed by atoms with van der Waals surface area (Å²) in [5, 5.41) is 6.69. The highest BCUT2D eigenvalue weighted by Crippen LogP contribution is 2.10. The molecular weight excluding hydrogens is 393 g/mol. The van der Waals surface area contributed by atoms with Gasteiger partial charge in [-0.2, -0.15) is 11.8 Å². The molecule has 0 amide bonds. The average molecular weight is 421 g/mol. The molecule has 0 heterocycles. The molecule has 2 N–H and O–H groups in total. The summed E-state index contributed by atoms with van der Waals surface area (Å²) in [4.78, 5) is 4.68. The number of guanidine groups is 1. The van der Waals surface area contributed by atoms with Crippen LogP contribution in [0, 0.1) is 0 Å². The van der Waals surface area contributed by atoms with E-state index in [4.69, 9.17) is 0 Å². The first kappa shape index (κ1) is 20.6. The molecule has 1 rings (SSSR count). The zero-order chi connectivity index (χ0) is 14.6. The Morgan fingerprint density at radius 3 is 2.48 bits per heavy atom. The molecule has 21 heavy (non-hydrogen) atoms. The second kappa shape index (κ2) is 13.2. The maximum atomic E-state index is 4.68. The number of hydrogen-bond donors (Lipinski definition) is 2. The van der Waals surface area contributed by atoms with E-state index in [1.54, 1.807) is 0 Å². The number of rotatable bonds is 8. The summed E-state index contributed by atoms with van der Waals surface area (Å²) in [6, 6.07) is 8.53. The van der Waals surface area contributed by atoms with Crippen LogP contribution in [0.25, 0.3) is 0 Å². The highest BCUT2D eigenvalue weighted by atomic mass is 127. The molecule has 0 saturated carbocycles. The first-order chi connectivity index (χ1) is 9.81. The second-order valence-corrected chi connectivity index (χ2v) is 5.58. The Balaban J connectivity index is 0.00000400. The molecule has 0 aromatic heterocycles. The third-order valence-electron chi connectivity index (χ3n) is 3.07. The zero-order valence-corrected chi connectivity index (χ0v) is 16.5. The van der Waals surface area contributed by atoms with Crippen LogP contribution in [-0.2, 0) is 13.0 Å². The Morgan fingerprint density at radius 2 is 1.86 bits per heavy atom. The molecule has 0 radical (unpaired) electrons. The minimum absolute atomic E-state index is 0. The summed E-state index contributed by atoms with van der Waals surface area (Å²) in [5.41, 5.74) is 2.70. The molecule has 5 heteroatoms. The standard InChI is InChI=1S/C16H27N3S.HI/c1-4-14-9-6-7-10-15(14)13-19-16(17-5-2)18-11-8-12-20-3;/h6-7,9-10H,4-5,8,11-13H2,1-3H3,(H2,17,18,19);1H. The Kier molecular flexibility index (Phi) is 13.0.